The van der Waals surface area contributed by atoms with E-state index in [9.17, 15) is 9.59 Å². The predicted octanol–water partition coefficient (Wildman–Crippen LogP) is 0.928. The number of carbonyl (C=O) groups excluding carboxylic acids is 2. The summed E-state index contributed by atoms with van der Waals surface area (Å²) in [6.45, 7) is 2.86. The van der Waals surface area contributed by atoms with E-state index in [-0.39, 0.29) is 6.29 Å². The number of likely N-dealkylation sites (N-methyl/N-ethyl adjacent to an activating group) is 1. The molecule has 0 N–H and O–H groups in total. The second-order valence-electron chi connectivity index (χ2n) is 3.80. The van der Waals surface area contributed by atoms with Gasteiger partial charge in [0.2, 0.25) is 6.29 Å². The van der Waals surface area contributed by atoms with Crippen molar-refractivity contribution >= 4 is 17.9 Å². The summed E-state index contributed by atoms with van der Waals surface area (Å²) in [5, 5.41) is 0. The highest BCUT2D eigenvalue weighted by Gasteiger charge is 2.18. The Morgan fingerprint density at radius 2 is 1.88 bits per heavy atom. The fourth-order valence-electron chi connectivity index (χ4n) is 1.74. The molecule has 0 saturated carbocycles. The molecule has 90 valence electrons. The first-order valence-electron chi connectivity index (χ1n) is 5.26. The monoisotopic (exact) mass is 235 g/mol. The van der Waals surface area contributed by atoms with Crippen LogP contribution in [0.4, 0.5) is 5.69 Å². The van der Waals surface area contributed by atoms with Gasteiger partial charge in [0, 0.05) is 13.1 Å². The summed E-state index contributed by atoms with van der Waals surface area (Å²) in [6, 6.07) is 3.52. The van der Waals surface area contributed by atoms with E-state index in [1.165, 1.54) is 4.90 Å². The molecule has 0 radical (unpaired) electrons. The van der Waals surface area contributed by atoms with Crippen LogP contribution in [-0.2, 0) is 9.59 Å². The summed E-state index contributed by atoms with van der Waals surface area (Å²) in [5.41, 5.74) is 1.50. The molecule has 1 aromatic rings. The van der Waals surface area contributed by atoms with Crippen LogP contribution in [0.5, 0.6) is 11.5 Å². The quantitative estimate of drug-likeness (QED) is 0.565. The summed E-state index contributed by atoms with van der Waals surface area (Å²) >= 11 is 0. The molecule has 1 aliphatic heterocycles. The Bertz CT molecular complexity index is 470. The van der Waals surface area contributed by atoms with Gasteiger partial charge < -0.3 is 14.4 Å². The first kappa shape index (κ1) is 11.4. The van der Waals surface area contributed by atoms with Crippen LogP contribution in [0.1, 0.15) is 5.56 Å². The van der Waals surface area contributed by atoms with Crippen molar-refractivity contribution in [2.24, 2.45) is 0 Å². The largest absolute Gasteiger partial charge is 0.486 e. The molecule has 0 atom stereocenters. The average Bonchev–Trinajstić information content (AvgIpc) is 2.36. The molecule has 1 amide bonds. The van der Waals surface area contributed by atoms with E-state index in [4.69, 9.17) is 9.47 Å². The van der Waals surface area contributed by atoms with Gasteiger partial charge in [-0.25, -0.2) is 0 Å². The summed E-state index contributed by atoms with van der Waals surface area (Å²) in [5.74, 6) is 0.677. The minimum Gasteiger partial charge on any atom is -0.486 e. The standard InChI is InChI=1S/C12H13NO4/c1-8-5-10-11(17-4-3-16-10)6-9(8)13(2)12(15)7-14/h5-7H,3-4H2,1-2H3. The molecule has 0 aromatic heterocycles. The second kappa shape index (κ2) is 4.45. The van der Waals surface area contributed by atoms with Gasteiger partial charge in [-0.15, -0.1) is 0 Å². The lowest BCUT2D eigenvalue weighted by atomic mass is 10.1. The zero-order valence-electron chi connectivity index (χ0n) is 9.73. The van der Waals surface area contributed by atoms with Gasteiger partial charge in [0.1, 0.15) is 13.2 Å². The highest BCUT2D eigenvalue weighted by atomic mass is 16.6. The van der Waals surface area contributed by atoms with E-state index in [2.05, 4.69) is 0 Å². The van der Waals surface area contributed by atoms with Crippen molar-refractivity contribution in [3.8, 4) is 11.5 Å². The van der Waals surface area contributed by atoms with Gasteiger partial charge in [0.15, 0.2) is 11.5 Å². The first-order chi connectivity index (χ1) is 8.13. The zero-order chi connectivity index (χ0) is 12.4. The minimum atomic E-state index is -0.593. The van der Waals surface area contributed by atoms with Gasteiger partial charge in [0.25, 0.3) is 5.91 Å². The molecule has 1 heterocycles. The Balaban J connectivity index is 2.41. The zero-order valence-corrected chi connectivity index (χ0v) is 9.73. The van der Waals surface area contributed by atoms with Gasteiger partial charge in [-0.1, -0.05) is 0 Å². The number of hydrogen-bond donors (Lipinski definition) is 0. The maximum absolute atomic E-state index is 11.3. The van der Waals surface area contributed by atoms with Gasteiger partial charge in [0.05, 0.1) is 5.69 Å². The molecule has 0 spiro atoms. The van der Waals surface area contributed by atoms with Crippen LogP contribution >= 0.6 is 0 Å². The van der Waals surface area contributed by atoms with Gasteiger partial charge in [-0.05, 0) is 18.6 Å². The van der Waals surface area contributed by atoms with Crippen molar-refractivity contribution in [3.05, 3.63) is 17.7 Å². The van der Waals surface area contributed by atoms with Crippen molar-refractivity contribution in [1.29, 1.82) is 0 Å². The van der Waals surface area contributed by atoms with E-state index < -0.39 is 5.91 Å². The Morgan fingerprint density at radius 3 is 2.47 bits per heavy atom. The maximum Gasteiger partial charge on any atom is 0.290 e. The van der Waals surface area contributed by atoms with Gasteiger partial charge in [-0.3, -0.25) is 9.59 Å². The number of aryl methyl sites for hydroxylation is 1. The molecule has 0 saturated heterocycles. The molecule has 0 aliphatic carbocycles. The lowest BCUT2D eigenvalue weighted by Crippen LogP contribution is -2.28. The normalized spacial score (nSPS) is 13.1. The van der Waals surface area contributed by atoms with Crippen LogP contribution in [-0.4, -0.2) is 32.5 Å². The molecule has 5 nitrogen and oxygen atoms in total. The van der Waals surface area contributed by atoms with Crippen LogP contribution < -0.4 is 14.4 Å². The fourth-order valence-corrected chi connectivity index (χ4v) is 1.74. The number of fused-ring (bicyclic) bond motifs is 1. The number of ether oxygens (including phenoxy) is 2. The third kappa shape index (κ3) is 2.08. The molecule has 1 aliphatic rings. The smallest absolute Gasteiger partial charge is 0.290 e. The van der Waals surface area contributed by atoms with Crippen LogP contribution in [0.25, 0.3) is 0 Å². The minimum absolute atomic E-state index is 0.288. The SMILES string of the molecule is Cc1cc2c(cc1N(C)C(=O)C=O)OCCO2. The Hall–Kier alpha value is -2.04. The number of hydrogen-bond acceptors (Lipinski definition) is 4. The number of nitrogens with zero attached hydrogens (tertiary/aromatic N) is 1. The number of amides is 1. The number of anilines is 1. The molecule has 2 rings (SSSR count). The van der Waals surface area contributed by atoms with E-state index in [0.717, 1.165) is 5.56 Å². The van der Waals surface area contributed by atoms with Crippen LogP contribution in [0, 0.1) is 6.92 Å². The second-order valence-corrected chi connectivity index (χ2v) is 3.80. The molecule has 17 heavy (non-hydrogen) atoms. The van der Waals surface area contributed by atoms with E-state index in [1.54, 1.807) is 19.2 Å². The molecule has 0 fully saturated rings. The number of carbonyl (C=O) groups is 2. The molecule has 5 heteroatoms. The van der Waals surface area contributed by atoms with Gasteiger partial charge >= 0.3 is 0 Å². The first-order valence-corrected chi connectivity index (χ1v) is 5.26. The van der Waals surface area contributed by atoms with Crippen LogP contribution in [0.3, 0.4) is 0 Å². The molecule has 1 aromatic carbocycles. The topological polar surface area (TPSA) is 55.8 Å². The Morgan fingerprint density at radius 1 is 1.29 bits per heavy atom. The van der Waals surface area contributed by atoms with E-state index in [1.807, 2.05) is 6.92 Å². The number of benzene rings is 1. The fraction of sp³-hybridized carbons (Fsp3) is 0.333. The van der Waals surface area contributed by atoms with Crippen molar-refractivity contribution in [2.45, 2.75) is 6.92 Å². The van der Waals surface area contributed by atoms with Gasteiger partial charge in [-0.2, -0.15) is 0 Å². The van der Waals surface area contributed by atoms with Crippen LogP contribution in [0.15, 0.2) is 12.1 Å². The number of aldehydes is 1. The third-order valence-electron chi connectivity index (χ3n) is 2.65. The predicted molar refractivity (Wildman–Crippen MR) is 61.6 cm³/mol. The van der Waals surface area contributed by atoms with E-state index in [0.29, 0.717) is 30.4 Å². The lowest BCUT2D eigenvalue weighted by molar-refractivity contribution is -0.129. The Kier molecular flexibility index (Phi) is 2.99. The van der Waals surface area contributed by atoms with Crippen LogP contribution in [0.2, 0.25) is 0 Å². The number of rotatable bonds is 2. The summed E-state index contributed by atoms with van der Waals surface area (Å²) in [6.07, 6.45) is 0.288. The summed E-state index contributed by atoms with van der Waals surface area (Å²) in [4.78, 5) is 23.1. The lowest BCUT2D eigenvalue weighted by Gasteiger charge is -2.23. The van der Waals surface area contributed by atoms with Crippen molar-refractivity contribution < 1.29 is 19.1 Å². The van der Waals surface area contributed by atoms with E-state index >= 15 is 0 Å². The maximum atomic E-state index is 11.3. The van der Waals surface area contributed by atoms with Crippen molar-refractivity contribution in [2.75, 3.05) is 25.2 Å². The molecule has 0 unspecified atom stereocenters. The highest BCUT2D eigenvalue weighted by Crippen LogP contribution is 2.36. The third-order valence-corrected chi connectivity index (χ3v) is 2.65. The Labute approximate surface area is 98.9 Å². The molecule has 0 bridgehead atoms. The highest BCUT2D eigenvalue weighted by molar-refractivity contribution is 6.30. The van der Waals surface area contributed by atoms with Crippen molar-refractivity contribution in [1.82, 2.24) is 0 Å². The van der Waals surface area contributed by atoms with Crippen molar-refractivity contribution in [3.63, 3.8) is 0 Å². The average molecular weight is 235 g/mol. The molecular formula is C12H13NO4. The summed E-state index contributed by atoms with van der Waals surface area (Å²) < 4.78 is 10.9. The molecular weight excluding hydrogens is 222 g/mol. The summed E-state index contributed by atoms with van der Waals surface area (Å²) in [7, 11) is 1.55.